The van der Waals surface area contributed by atoms with Crippen LogP contribution in [0.2, 0.25) is 0 Å². The Kier molecular flexibility index (Phi) is 6.64. The van der Waals surface area contributed by atoms with Gasteiger partial charge < -0.3 is 10.1 Å². The Labute approximate surface area is 161 Å². The Morgan fingerprint density at radius 2 is 1.85 bits per heavy atom. The first-order chi connectivity index (χ1) is 12.5. The summed E-state index contributed by atoms with van der Waals surface area (Å²) in [7, 11) is -3.62. The summed E-state index contributed by atoms with van der Waals surface area (Å²) in [5.74, 6) is -0.0152. The van der Waals surface area contributed by atoms with Crippen LogP contribution in [0.4, 0.5) is 4.79 Å². The van der Waals surface area contributed by atoms with Crippen molar-refractivity contribution in [1.82, 2.24) is 9.62 Å². The Morgan fingerprint density at radius 3 is 2.41 bits per heavy atom. The SMILES string of the molecule is CC(=O)Cc1cccc(S(=O)(=O)N2CCC(NC(=O)OC(C)(C)C)CC2)c1. The number of Topliss-reactive ketones (excluding diaryl/α,β-unsaturated/α-hetero) is 1. The summed E-state index contributed by atoms with van der Waals surface area (Å²) in [6.07, 6.45) is 0.767. The first-order valence-corrected chi connectivity index (χ1v) is 10.5. The number of nitrogens with zero attached hydrogens (tertiary/aromatic N) is 1. The Morgan fingerprint density at radius 1 is 1.22 bits per heavy atom. The monoisotopic (exact) mass is 396 g/mol. The molecule has 0 saturated carbocycles. The molecule has 0 unspecified atom stereocenters. The summed E-state index contributed by atoms with van der Waals surface area (Å²) >= 11 is 0. The van der Waals surface area contributed by atoms with Crippen LogP contribution in [0.5, 0.6) is 0 Å². The fourth-order valence-corrected chi connectivity index (χ4v) is 4.51. The summed E-state index contributed by atoms with van der Waals surface area (Å²) < 4.78 is 32.4. The van der Waals surface area contributed by atoms with E-state index in [-0.39, 0.29) is 23.1 Å². The van der Waals surface area contributed by atoms with Gasteiger partial charge in [0.2, 0.25) is 10.0 Å². The molecule has 0 aliphatic carbocycles. The zero-order valence-corrected chi connectivity index (χ0v) is 17.1. The quantitative estimate of drug-likeness (QED) is 0.825. The van der Waals surface area contributed by atoms with E-state index >= 15 is 0 Å². The number of hydrogen-bond donors (Lipinski definition) is 1. The summed E-state index contributed by atoms with van der Waals surface area (Å²) in [6, 6.07) is 6.39. The lowest BCUT2D eigenvalue weighted by atomic mass is 10.1. The van der Waals surface area contributed by atoms with Crippen LogP contribution in [0.1, 0.15) is 46.1 Å². The largest absolute Gasteiger partial charge is 0.444 e. The van der Waals surface area contributed by atoms with Crippen LogP contribution in [-0.4, -0.2) is 49.3 Å². The number of carbonyl (C=O) groups excluding carboxylic acids is 2. The third-order valence-electron chi connectivity index (χ3n) is 4.16. The highest BCUT2D eigenvalue weighted by molar-refractivity contribution is 7.89. The maximum absolute atomic E-state index is 12.9. The van der Waals surface area contributed by atoms with Gasteiger partial charge in [-0.15, -0.1) is 0 Å². The van der Waals surface area contributed by atoms with Gasteiger partial charge in [0.05, 0.1) is 4.90 Å². The predicted molar refractivity (Wildman–Crippen MR) is 102 cm³/mol. The Hall–Kier alpha value is -1.93. The molecule has 1 aliphatic rings. The van der Waals surface area contributed by atoms with Gasteiger partial charge in [0, 0.05) is 25.6 Å². The normalized spacial score (nSPS) is 16.7. The number of ether oxygens (including phenoxy) is 1. The highest BCUT2D eigenvalue weighted by Crippen LogP contribution is 2.22. The molecule has 1 aromatic rings. The van der Waals surface area contributed by atoms with Gasteiger partial charge in [-0.05, 0) is 58.2 Å². The summed E-state index contributed by atoms with van der Waals surface area (Å²) in [5, 5.41) is 2.80. The predicted octanol–water partition coefficient (Wildman–Crippen LogP) is 2.50. The second-order valence-electron chi connectivity index (χ2n) is 7.85. The smallest absolute Gasteiger partial charge is 0.407 e. The molecule has 1 N–H and O–H groups in total. The zero-order chi connectivity index (χ0) is 20.2. The van der Waals surface area contributed by atoms with Gasteiger partial charge in [-0.1, -0.05) is 12.1 Å². The number of benzene rings is 1. The van der Waals surface area contributed by atoms with Crippen LogP contribution in [-0.2, 0) is 26.0 Å². The van der Waals surface area contributed by atoms with Crippen LogP contribution < -0.4 is 5.32 Å². The number of carbonyl (C=O) groups is 2. The van der Waals surface area contributed by atoms with E-state index in [2.05, 4.69) is 5.32 Å². The van der Waals surface area contributed by atoms with Crippen molar-refractivity contribution in [3.8, 4) is 0 Å². The van der Waals surface area contributed by atoms with Crippen LogP contribution in [0.3, 0.4) is 0 Å². The molecule has 0 atom stereocenters. The van der Waals surface area contributed by atoms with Crippen molar-refractivity contribution < 1.29 is 22.7 Å². The van der Waals surface area contributed by atoms with Crippen LogP contribution >= 0.6 is 0 Å². The third kappa shape index (κ3) is 6.32. The Balaban J connectivity index is 1.98. The van der Waals surface area contributed by atoms with Crippen molar-refractivity contribution in [2.45, 2.75) is 63.5 Å². The summed E-state index contributed by atoms with van der Waals surface area (Å²) in [5.41, 5.74) is 0.115. The van der Waals surface area contributed by atoms with E-state index in [0.717, 1.165) is 0 Å². The average Bonchev–Trinajstić information content (AvgIpc) is 2.53. The molecule has 1 fully saturated rings. The minimum Gasteiger partial charge on any atom is -0.444 e. The molecule has 27 heavy (non-hydrogen) atoms. The van der Waals surface area contributed by atoms with Crippen molar-refractivity contribution in [2.75, 3.05) is 13.1 Å². The number of nitrogens with one attached hydrogen (secondary N) is 1. The van der Waals surface area contributed by atoms with Gasteiger partial charge in [0.25, 0.3) is 0 Å². The number of rotatable bonds is 5. The van der Waals surface area contributed by atoms with Gasteiger partial charge in [-0.2, -0.15) is 4.31 Å². The summed E-state index contributed by atoms with van der Waals surface area (Å²) in [6.45, 7) is 7.50. The molecule has 2 rings (SSSR count). The number of amides is 1. The fourth-order valence-electron chi connectivity index (χ4n) is 2.97. The minimum atomic E-state index is -3.62. The number of sulfonamides is 1. The van der Waals surface area contributed by atoms with Crippen LogP contribution in [0.15, 0.2) is 29.2 Å². The third-order valence-corrected chi connectivity index (χ3v) is 6.06. The molecule has 8 heteroatoms. The van der Waals surface area contributed by atoms with Crippen molar-refractivity contribution >= 4 is 21.9 Å². The minimum absolute atomic E-state index is 0.0152. The lowest BCUT2D eigenvalue weighted by Gasteiger charge is -2.32. The van der Waals surface area contributed by atoms with E-state index in [1.807, 2.05) is 0 Å². The van der Waals surface area contributed by atoms with Gasteiger partial charge in [-0.25, -0.2) is 13.2 Å². The standard InChI is InChI=1S/C19H28N2O5S/c1-14(22)12-15-6-5-7-17(13-15)27(24,25)21-10-8-16(9-11-21)20-18(23)26-19(2,3)4/h5-7,13,16H,8-12H2,1-4H3,(H,20,23). The van der Waals surface area contributed by atoms with Crippen molar-refractivity contribution in [1.29, 1.82) is 0 Å². The van der Waals surface area contributed by atoms with Crippen molar-refractivity contribution in [2.24, 2.45) is 0 Å². The molecule has 0 spiro atoms. The van der Waals surface area contributed by atoms with E-state index in [0.29, 0.717) is 31.5 Å². The molecule has 7 nitrogen and oxygen atoms in total. The molecule has 1 heterocycles. The highest BCUT2D eigenvalue weighted by atomic mass is 32.2. The lowest BCUT2D eigenvalue weighted by Crippen LogP contribution is -2.47. The number of hydrogen-bond acceptors (Lipinski definition) is 5. The fraction of sp³-hybridized carbons (Fsp3) is 0.579. The second-order valence-corrected chi connectivity index (χ2v) is 9.79. The van der Waals surface area contributed by atoms with Gasteiger partial charge >= 0.3 is 6.09 Å². The van der Waals surface area contributed by atoms with Crippen molar-refractivity contribution in [3.63, 3.8) is 0 Å². The molecule has 1 amide bonds. The topological polar surface area (TPSA) is 92.8 Å². The van der Waals surface area contributed by atoms with E-state index in [1.165, 1.54) is 11.2 Å². The number of piperidine rings is 1. The van der Waals surface area contributed by atoms with Gasteiger partial charge in [0.15, 0.2) is 0 Å². The number of ketones is 1. The maximum atomic E-state index is 12.9. The molecule has 0 aromatic heterocycles. The maximum Gasteiger partial charge on any atom is 0.407 e. The molecule has 1 aliphatic heterocycles. The second kappa shape index (κ2) is 8.39. The van der Waals surface area contributed by atoms with E-state index in [1.54, 1.807) is 45.0 Å². The molecule has 150 valence electrons. The highest BCUT2D eigenvalue weighted by Gasteiger charge is 2.30. The molecule has 1 saturated heterocycles. The average molecular weight is 397 g/mol. The molecule has 1 aromatic carbocycles. The first-order valence-electron chi connectivity index (χ1n) is 9.05. The Bertz CT molecular complexity index is 791. The van der Waals surface area contributed by atoms with Gasteiger partial charge in [-0.3, -0.25) is 4.79 Å². The van der Waals surface area contributed by atoms with Crippen LogP contribution in [0, 0.1) is 0 Å². The summed E-state index contributed by atoms with van der Waals surface area (Å²) in [4.78, 5) is 23.3. The molecule has 0 bridgehead atoms. The van der Waals surface area contributed by atoms with Crippen molar-refractivity contribution in [3.05, 3.63) is 29.8 Å². The van der Waals surface area contributed by atoms with E-state index < -0.39 is 21.7 Å². The molecule has 0 radical (unpaired) electrons. The van der Waals surface area contributed by atoms with E-state index in [4.69, 9.17) is 4.74 Å². The molecular weight excluding hydrogens is 368 g/mol. The zero-order valence-electron chi connectivity index (χ0n) is 16.3. The van der Waals surface area contributed by atoms with Crippen LogP contribution in [0.25, 0.3) is 0 Å². The van der Waals surface area contributed by atoms with Gasteiger partial charge in [0.1, 0.15) is 11.4 Å². The lowest BCUT2D eigenvalue weighted by molar-refractivity contribution is -0.116. The van der Waals surface area contributed by atoms with E-state index in [9.17, 15) is 18.0 Å². The first kappa shape index (κ1) is 21.4. The molecular formula is C19H28N2O5S. The number of alkyl carbamates (subject to hydrolysis) is 1.